The number of aliphatic hydroxyl groups excluding tert-OH is 1. The molecule has 0 saturated carbocycles. The van der Waals surface area contributed by atoms with Crippen LogP contribution in [0.4, 0.5) is 8.78 Å². The van der Waals surface area contributed by atoms with Crippen LogP contribution in [-0.2, 0) is 12.8 Å². The quantitative estimate of drug-likeness (QED) is 0.933. The summed E-state index contributed by atoms with van der Waals surface area (Å²) in [7, 11) is 0. The van der Waals surface area contributed by atoms with Gasteiger partial charge >= 0.3 is 0 Å². The Balaban J connectivity index is 1.89. The first-order valence-corrected chi connectivity index (χ1v) is 6.52. The lowest BCUT2D eigenvalue weighted by atomic mass is 9.98. The summed E-state index contributed by atoms with van der Waals surface area (Å²) >= 11 is 0. The summed E-state index contributed by atoms with van der Waals surface area (Å²) in [6.45, 7) is 0.591. The molecule has 0 fully saturated rings. The van der Waals surface area contributed by atoms with Crippen molar-refractivity contribution in [2.24, 2.45) is 0 Å². The molecule has 2 aromatic rings. The van der Waals surface area contributed by atoms with Crippen LogP contribution < -0.4 is 4.74 Å². The molecule has 0 saturated heterocycles. The monoisotopic (exact) mass is 276 g/mol. The van der Waals surface area contributed by atoms with E-state index >= 15 is 0 Å². The Labute approximate surface area is 115 Å². The van der Waals surface area contributed by atoms with Crippen molar-refractivity contribution in [3.8, 4) is 5.75 Å². The summed E-state index contributed by atoms with van der Waals surface area (Å²) in [5.74, 6) is -1.12. The smallest absolute Gasteiger partial charge is 0.162 e. The van der Waals surface area contributed by atoms with Gasteiger partial charge in [-0.05, 0) is 17.2 Å². The topological polar surface area (TPSA) is 29.5 Å². The number of benzene rings is 2. The molecule has 1 aliphatic heterocycles. The first-order valence-electron chi connectivity index (χ1n) is 6.52. The number of hydrogen-bond acceptors (Lipinski definition) is 2. The summed E-state index contributed by atoms with van der Waals surface area (Å²) in [6.07, 6.45) is -0.0903. The highest BCUT2D eigenvalue weighted by molar-refractivity contribution is 5.45. The summed E-state index contributed by atoms with van der Waals surface area (Å²) in [6, 6.07) is 9.52. The molecule has 0 amide bonds. The second-order valence-corrected chi connectivity index (χ2v) is 4.87. The maximum Gasteiger partial charge on any atom is 0.162 e. The van der Waals surface area contributed by atoms with Gasteiger partial charge in [0, 0.05) is 18.4 Å². The van der Waals surface area contributed by atoms with Gasteiger partial charge in [-0.1, -0.05) is 30.3 Å². The number of fused-ring (bicyclic) bond motifs is 1. The Hall–Kier alpha value is -1.94. The van der Waals surface area contributed by atoms with Gasteiger partial charge in [-0.3, -0.25) is 0 Å². The molecule has 0 spiro atoms. The van der Waals surface area contributed by atoms with Gasteiger partial charge in [0.15, 0.2) is 11.6 Å². The Morgan fingerprint density at radius 1 is 1.15 bits per heavy atom. The van der Waals surface area contributed by atoms with Crippen LogP contribution in [0.15, 0.2) is 36.4 Å². The fourth-order valence-corrected chi connectivity index (χ4v) is 2.53. The molecule has 0 aliphatic carbocycles. The maximum atomic E-state index is 13.6. The number of aliphatic hydroxyl groups is 1. The minimum atomic E-state index is -0.917. The normalized spacial score (nSPS) is 14.8. The van der Waals surface area contributed by atoms with Crippen LogP contribution in [0, 0.1) is 11.6 Å². The van der Waals surface area contributed by atoms with Gasteiger partial charge in [0.05, 0.1) is 12.7 Å². The van der Waals surface area contributed by atoms with Gasteiger partial charge in [-0.25, -0.2) is 8.78 Å². The summed E-state index contributed by atoms with van der Waals surface area (Å²) in [5.41, 5.74) is 1.83. The van der Waals surface area contributed by atoms with Crippen molar-refractivity contribution < 1.29 is 18.6 Å². The van der Waals surface area contributed by atoms with E-state index in [2.05, 4.69) is 0 Å². The third kappa shape index (κ3) is 2.27. The van der Waals surface area contributed by atoms with E-state index in [4.69, 9.17) is 4.74 Å². The lowest BCUT2D eigenvalue weighted by molar-refractivity contribution is 0.172. The molecule has 4 heteroatoms. The maximum absolute atomic E-state index is 13.6. The second kappa shape index (κ2) is 5.21. The summed E-state index contributed by atoms with van der Waals surface area (Å²) in [4.78, 5) is 0. The van der Waals surface area contributed by atoms with Crippen molar-refractivity contribution in [3.63, 3.8) is 0 Å². The molecule has 104 valence electrons. The van der Waals surface area contributed by atoms with Crippen LogP contribution in [0.3, 0.4) is 0 Å². The molecule has 1 atom stereocenters. The average molecular weight is 276 g/mol. The molecule has 1 heterocycles. The summed E-state index contributed by atoms with van der Waals surface area (Å²) < 4.78 is 32.3. The molecule has 20 heavy (non-hydrogen) atoms. The molecule has 0 aromatic heterocycles. The molecule has 1 aliphatic rings. The van der Waals surface area contributed by atoms with Crippen molar-refractivity contribution in [2.75, 3.05) is 6.61 Å². The fraction of sp³-hybridized carbons (Fsp3) is 0.250. The molecule has 2 nitrogen and oxygen atoms in total. The van der Waals surface area contributed by atoms with Crippen molar-refractivity contribution >= 4 is 0 Å². The summed E-state index contributed by atoms with van der Waals surface area (Å²) in [5, 5.41) is 10.3. The number of hydrogen-bond donors (Lipinski definition) is 1. The number of para-hydroxylation sites is 1. The van der Waals surface area contributed by atoms with Crippen molar-refractivity contribution in [3.05, 3.63) is 64.7 Å². The predicted molar refractivity (Wildman–Crippen MR) is 70.7 cm³/mol. The van der Waals surface area contributed by atoms with E-state index in [1.54, 1.807) is 6.07 Å². The van der Waals surface area contributed by atoms with Crippen LogP contribution in [0.2, 0.25) is 0 Å². The van der Waals surface area contributed by atoms with Gasteiger partial charge in [-0.15, -0.1) is 0 Å². The minimum Gasteiger partial charge on any atom is -0.493 e. The fourth-order valence-electron chi connectivity index (χ4n) is 2.53. The number of halogens is 2. The molecular formula is C16H14F2O2. The highest BCUT2D eigenvalue weighted by Crippen LogP contribution is 2.35. The average Bonchev–Trinajstić information content (AvgIpc) is 2.92. The van der Waals surface area contributed by atoms with Crippen LogP contribution >= 0.6 is 0 Å². The Bertz CT molecular complexity index is 640. The zero-order valence-electron chi connectivity index (χ0n) is 10.8. The zero-order chi connectivity index (χ0) is 14.1. The third-order valence-corrected chi connectivity index (χ3v) is 3.55. The van der Waals surface area contributed by atoms with Gasteiger partial charge in [0.25, 0.3) is 0 Å². The van der Waals surface area contributed by atoms with E-state index in [0.717, 1.165) is 18.1 Å². The van der Waals surface area contributed by atoms with E-state index in [9.17, 15) is 13.9 Å². The highest BCUT2D eigenvalue weighted by Gasteiger charge is 2.22. The van der Waals surface area contributed by atoms with Gasteiger partial charge < -0.3 is 9.84 Å². The molecular weight excluding hydrogens is 262 g/mol. The van der Waals surface area contributed by atoms with Crippen molar-refractivity contribution in [2.45, 2.75) is 18.9 Å². The van der Waals surface area contributed by atoms with Crippen molar-refractivity contribution in [1.29, 1.82) is 0 Å². The van der Waals surface area contributed by atoms with Gasteiger partial charge in [0.1, 0.15) is 5.75 Å². The molecule has 3 rings (SSSR count). The van der Waals surface area contributed by atoms with E-state index in [-0.39, 0.29) is 12.0 Å². The molecule has 2 aromatic carbocycles. The molecule has 1 unspecified atom stereocenters. The minimum absolute atomic E-state index is 0.0173. The Morgan fingerprint density at radius 3 is 2.80 bits per heavy atom. The molecule has 0 bridgehead atoms. The van der Waals surface area contributed by atoms with Gasteiger partial charge in [0.2, 0.25) is 0 Å². The zero-order valence-corrected chi connectivity index (χ0v) is 10.8. The number of ether oxygens (including phenoxy) is 1. The van der Waals surface area contributed by atoms with E-state index in [1.807, 2.05) is 12.1 Å². The van der Waals surface area contributed by atoms with Crippen LogP contribution in [0.5, 0.6) is 5.75 Å². The van der Waals surface area contributed by atoms with Crippen LogP contribution in [-0.4, -0.2) is 11.7 Å². The standard InChI is InChI=1S/C16H14F2O2/c17-13-6-2-4-11(15(13)18)9-14(19)12-5-1-3-10-7-8-20-16(10)12/h1-6,14,19H,7-9H2. The SMILES string of the molecule is OC(Cc1cccc(F)c1F)c1cccc2c1OCC2. The lowest BCUT2D eigenvalue weighted by Gasteiger charge is -2.15. The molecule has 0 radical (unpaired) electrons. The van der Waals surface area contributed by atoms with E-state index < -0.39 is 17.7 Å². The second-order valence-electron chi connectivity index (χ2n) is 4.87. The Kier molecular flexibility index (Phi) is 3.40. The first kappa shape index (κ1) is 13.1. The Morgan fingerprint density at radius 2 is 1.95 bits per heavy atom. The highest BCUT2D eigenvalue weighted by atomic mass is 19.2. The van der Waals surface area contributed by atoms with Crippen LogP contribution in [0.25, 0.3) is 0 Å². The van der Waals surface area contributed by atoms with Crippen molar-refractivity contribution in [1.82, 2.24) is 0 Å². The molecule has 1 N–H and O–H groups in total. The third-order valence-electron chi connectivity index (χ3n) is 3.55. The number of rotatable bonds is 3. The van der Waals surface area contributed by atoms with Gasteiger partial charge in [-0.2, -0.15) is 0 Å². The van der Waals surface area contributed by atoms with E-state index in [0.29, 0.717) is 17.9 Å². The van der Waals surface area contributed by atoms with Crippen LogP contribution in [0.1, 0.15) is 22.8 Å². The first-order chi connectivity index (χ1) is 9.66. The lowest BCUT2D eigenvalue weighted by Crippen LogP contribution is -2.06. The largest absolute Gasteiger partial charge is 0.493 e. The van der Waals surface area contributed by atoms with E-state index in [1.165, 1.54) is 12.1 Å². The predicted octanol–water partition coefficient (Wildman–Crippen LogP) is 3.18.